The number of H-pyrrole nitrogens is 1. The molecule has 3 nitrogen and oxygen atoms in total. The van der Waals surface area contributed by atoms with Gasteiger partial charge in [-0.1, -0.05) is 24.3 Å². The Bertz CT molecular complexity index is 743. The lowest BCUT2D eigenvalue weighted by Crippen LogP contribution is -2.00. The van der Waals surface area contributed by atoms with Crippen LogP contribution in [-0.4, -0.2) is 18.1 Å². The summed E-state index contributed by atoms with van der Waals surface area (Å²) < 4.78 is 4.74. The molecule has 1 N–H and O–H groups in total. The molecule has 0 atom stereocenters. The highest BCUT2D eigenvalue weighted by atomic mass is 16.5. The van der Waals surface area contributed by atoms with Crippen molar-refractivity contribution >= 4 is 16.9 Å². The van der Waals surface area contributed by atoms with E-state index in [-0.39, 0.29) is 5.97 Å². The molecule has 3 aromatic rings. The standard InChI is InChI=1S/C16H13NO2/c1-19-16(18)14-4-2-3-12(9-14)13-6-5-11-7-8-17-15(11)10-13/h2-10,17H,1H3. The fourth-order valence-corrected chi connectivity index (χ4v) is 2.17. The number of aromatic amines is 1. The number of aromatic nitrogens is 1. The lowest BCUT2D eigenvalue weighted by molar-refractivity contribution is 0.0601. The third-order valence-corrected chi connectivity index (χ3v) is 3.17. The lowest BCUT2D eigenvalue weighted by atomic mass is 10.0. The molecule has 0 bridgehead atoms. The van der Waals surface area contributed by atoms with Crippen LogP contribution in [0.2, 0.25) is 0 Å². The minimum atomic E-state index is -0.317. The van der Waals surface area contributed by atoms with E-state index in [0.29, 0.717) is 5.56 Å². The molecule has 0 fully saturated rings. The third kappa shape index (κ3) is 2.10. The van der Waals surface area contributed by atoms with Crippen molar-refractivity contribution in [3.05, 3.63) is 60.3 Å². The second-order valence-corrected chi connectivity index (χ2v) is 4.35. The molecule has 0 aliphatic rings. The number of ether oxygens (including phenoxy) is 1. The van der Waals surface area contributed by atoms with Crippen LogP contribution in [-0.2, 0) is 4.74 Å². The Balaban J connectivity index is 2.07. The van der Waals surface area contributed by atoms with Gasteiger partial charge in [-0.15, -0.1) is 0 Å². The summed E-state index contributed by atoms with van der Waals surface area (Å²) in [6.45, 7) is 0. The summed E-state index contributed by atoms with van der Waals surface area (Å²) in [6.07, 6.45) is 1.92. The summed E-state index contributed by atoms with van der Waals surface area (Å²) >= 11 is 0. The monoisotopic (exact) mass is 251 g/mol. The zero-order valence-electron chi connectivity index (χ0n) is 10.5. The van der Waals surface area contributed by atoms with Gasteiger partial charge in [0.05, 0.1) is 12.7 Å². The Labute approximate surface area is 110 Å². The Morgan fingerprint density at radius 3 is 2.74 bits per heavy atom. The molecule has 0 aliphatic carbocycles. The summed E-state index contributed by atoms with van der Waals surface area (Å²) in [6, 6.07) is 15.7. The van der Waals surface area contributed by atoms with E-state index in [1.165, 1.54) is 12.5 Å². The molecule has 0 saturated heterocycles. The van der Waals surface area contributed by atoms with Crippen LogP contribution in [0.4, 0.5) is 0 Å². The molecule has 19 heavy (non-hydrogen) atoms. The number of hydrogen-bond acceptors (Lipinski definition) is 2. The van der Waals surface area contributed by atoms with Crippen LogP contribution in [0.5, 0.6) is 0 Å². The second kappa shape index (κ2) is 4.61. The van der Waals surface area contributed by atoms with Crippen LogP contribution < -0.4 is 0 Å². The van der Waals surface area contributed by atoms with Crippen molar-refractivity contribution in [3.63, 3.8) is 0 Å². The Hall–Kier alpha value is -2.55. The zero-order chi connectivity index (χ0) is 13.2. The van der Waals surface area contributed by atoms with Crippen LogP contribution in [0.3, 0.4) is 0 Å². The van der Waals surface area contributed by atoms with Gasteiger partial charge in [0.25, 0.3) is 0 Å². The molecular formula is C16H13NO2. The molecule has 2 aromatic carbocycles. The number of hydrogen-bond donors (Lipinski definition) is 1. The van der Waals surface area contributed by atoms with Crippen LogP contribution in [0.25, 0.3) is 22.0 Å². The Morgan fingerprint density at radius 2 is 1.89 bits per heavy atom. The maximum atomic E-state index is 11.5. The highest BCUT2D eigenvalue weighted by Crippen LogP contribution is 2.24. The van der Waals surface area contributed by atoms with Crippen molar-refractivity contribution in [2.45, 2.75) is 0 Å². The zero-order valence-corrected chi connectivity index (χ0v) is 10.5. The van der Waals surface area contributed by atoms with Gasteiger partial charge in [0.2, 0.25) is 0 Å². The number of rotatable bonds is 2. The van der Waals surface area contributed by atoms with Crippen molar-refractivity contribution in [1.82, 2.24) is 4.98 Å². The summed E-state index contributed by atoms with van der Waals surface area (Å²) in [5.41, 5.74) is 3.72. The van der Waals surface area contributed by atoms with E-state index in [4.69, 9.17) is 4.74 Å². The molecule has 94 valence electrons. The number of carbonyl (C=O) groups excluding carboxylic acids is 1. The van der Waals surface area contributed by atoms with E-state index in [1.807, 2.05) is 36.5 Å². The first-order chi connectivity index (χ1) is 9.28. The van der Waals surface area contributed by atoms with E-state index < -0.39 is 0 Å². The van der Waals surface area contributed by atoms with E-state index in [2.05, 4.69) is 17.1 Å². The van der Waals surface area contributed by atoms with Crippen molar-refractivity contribution in [3.8, 4) is 11.1 Å². The summed E-state index contributed by atoms with van der Waals surface area (Å²) in [4.78, 5) is 14.7. The highest BCUT2D eigenvalue weighted by Gasteiger charge is 2.07. The van der Waals surface area contributed by atoms with Crippen LogP contribution in [0, 0.1) is 0 Å². The minimum absolute atomic E-state index is 0.317. The van der Waals surface area contributed by atoms with Gasteiger partial charge in [0, 0.05) is 11.7 Å². The fraction of sp³-hybridized carbons (Fsp3) is 0.0625. The number of fused-ring (bicyclic) bond motifs is 1. The van der Waals surface area contributed by atoms with E-state index >= 15 is 0 Å². The van der Waals surface area contributed by atoms with Crippen molar-refractivity contribution in [1.29, 1.82) is 0 Å². The number of nitrogens with one attached hydrogen (secondary N) is 1. The van der Waals surface area contributed by atoms with E-state index in [0.717, 1.165) is 16.6 Å². The second-order valence-electron chi connectivity index (χ2n) is 4.35. The first-order valence-corrected chi connectivity index (χ1v) is 6.04. The molecule has 0 unspecified atom stereocenters. The van der Waals surface area contributed by atoms with Crippen molar-refractivity contribution in [2.75, 3.05) is 7.11 Å². The van der Waals surface area contributed by atoms with E-state index in [9.17, 15) is 4.79 Å². The van der Waals surface area contributed by atoms with Crippen LogP contribution in [0.15, 0.2) is 54.7 Å². The van der Waals surface area contributed by atoms with Gasteiger partial charge in [-0.2, -0.15) is 0 Å². The molecule has 0 spiro atoms. The minimum Gasteiger partial charge on any atom is -0.465 e. The largest absolute Gasteiger partial charge is 0.465 e. The molecule has 0 amide bonds. The first kappa shape index (κ1) is 11.5. The highest BCUT2D eigenvalue weighted by molar-refractivity contribution is 5.91. The molecule has 3 heteroatoms. The molecule has 1 heterocycles. The van der Waals surface area contributed by atoms with Gasteiger partial charge in [0.15, 0.2) is 0 Å². The summed E-state index contributed by atoms with van der Waals surface area (Å²) in [5, 5.41) is 1.17. The number of carbonyl (C=O) groups is 1. The topological polar surface area (TPSA) is 42.1 Å². The van der Waals surface area contributed by atoms with Gasteiger partial charge < -0.3 is 9.72 Å². The Kier molecular flexibility index (Phi) is 2.80. The average molecular weight is 251 g/mol. The van der Waals surface area contributed by atoms with E-state index in [1.54, 1.807) is 6.07 Å². The van der Waals surface area contributed by atoms with Gasteiger partial charge >= 0.3 is 5.97 Å². The molecule has 3 rings (SSSR count). The normalized spacial score (nSPS) is 10.6. The SMILES string of the molecule is COC(=O)c1cccc(-c2ccc3cc[nH]c3c2)c1. The lowest BCUT2D eigenvalue weighted by Gasteiger charge is -2.05. The van der Waals surface area contributed by atoms with Crippen molar-refractivity contribution < 1.29 is 9.53 Å². The molecule has 1 aromatic heterocycles. The van der Waals surface area contributed by atoms with Gasteiger partial charge in [-0.25, -0.2) is 4.79 Å². The molecule has 0 saturated carbocycles. The van der Waals surface area contributed by atoms with Gasteiger partial charge in [0.1, 0.15) is 0 Å². The quantitative estimate of drug-likeness (QED) is 0.707. The smallest absolute Gasteiger partial charge is 0.337 e. The summed E-state index contributed by atoms with van der Waals surface area (Å²) in [7, 11) is 1.39. The summed E-state index contributed by atoms with van der Waals surface area (Å²) in [5.74, 6) is -0.317. The number of methoxy groups -OCH3 is 1. The third-order valence-electron chi connectivity index (χ3n) is 3.17. The number of esters is 1. The molecular weight excluding hydrogens is 238 g/mol. The molecule has 0 radical (unpaired) electrons. The van der Waals surface area contributed by atoms with Crippen molar-refractivity contribution in [2.24, 2.45) is 0 Å². The van der Waals surface area contributed by atoms with Gasteiger partial charge in [-0.3, -0.25) is 0 Å². The predicted molar refractivity (Wildman–Crippen MR) is 75.1 cm³/mol. The fourth-order valence-electron chi connectivity index (χ4n) is 2.17. The maximum Gasteiger partial charge on any atom is 0.337 e. The maximum absolute atomic E-state index is 11.5. The van der Waals surface area contributed by atoms with Crippen LogP contribution >= 0.6 is 0 Å². The first-order valence-electron chi connectivity index (χ1n) is 6.04. The molecule has 0 aliphatic heterocycles. The number of benzene rings is 2. The predicted octanol–water partition coefficient (Wildman–Crippen LogP) is 3.62. The van der Waals surface area contributed by atoms with Gasteiger partial charge in [-0.05, 0) is 40.8 Å². The average Bonchev–Trinajstić information content (AvgIpc) is 2.94. The Morgan fingerprint density at radius 1 is 1.05 bits per heavy atom. The van der Waals surface area contributed by atoms with Crippen LogP contribution in [0.1, 0.15) is 10.4 Å².